The Bertz CT molecular complexity index is 389. The quantitative estimate of drug-likeness (QED) is 0.783. The molecule has 3 nitrogen and oxygen atoms in total. The van der Waals surface area contributed by atoms with Crippen LogP contribution in [0.15, 0.2) is 11.6 Å². The maximum Gasteiger partial charge on any atom is 0.303 e. The number of Topliss-reactive ketones (excluding diaryl/α,β-unsaturated/α-hetero) is 1. The highest BCUT2D eigenvalue weighted by Crippen LogP contribution is 2.54. The number of rotatable bonds is 3. The van der Waals surface area contributed by atoms with E-state index in [4.69, 9.17) is 5.11 Å². The summed E-state index contributed by atoms with van der Waals surface area (Å²) in [5, 5.41) is 8.96. The molecule has 0 amide bonds. The highest BCUT2D eigenvalue weighted by molar-refractivity contribution is 5.82. The van der Waals surface area contributed by atoms with E-state index in [0.717, 1.165) is 24.8 Å². The van der Waals surface area contributed by atoms with Gasteiger partial charge in [-0.25, -0.2) is 0 Å². The van der Waals surface area contributed by atoms with Gasteiger partial charge in [0.15, 0.2) is 0 Å². The summed E-state index contributed by atoms with van der Waals surface area (Å²) < 4.78 is 0. The Morgan fingerprint density at radius 3 is 2.50 bits per heavy atom. The molecule has 0 aromatic carbocycles. The number of carbonyl (C=O) groups is 2. The van der Waals surface area contributed by atoms with Gasteiger partial charge in [-0.1, -0.05) is 24.5 Å². The van der Waals surface area contributed by atoms with Gasteiger partial charge in [-0.15, -0.1) is 0 Å². The molecule has 0 bridgehead atoms. The minimum atomic E-state index is -0.738. The summed E-state index contributed by atoms with van der Waals surface area (Å²) in [4.78, 5) is 22.8. The first-order valence-corrected chi connectivity index (χ1v) is 6.85. The first-order chi connectivity index (χ1) is 8.44. The van der Waals surface area contributed by atoms with E-state index < -0.39 is 5.97 Å². The standard InChI is InChI=1S/C15H22O3/c1-10-7-12(8-13(17)18)9-15(5-3-4-6-15)14(10)11(2)16/h7,12,14H,3-6,8-9H2,1-2H3,(H,17,18). The predicted molar refractivity (Wildman–Crippen MR) is 69.2 cm³/mol. The minimum Gasteiger partial charge on any atom is -0.481 e. The molecule has 2 aliphatic carbocycles. The first-order valence-electron chi connectivity index (χ1n) is 6.85. The third kappa shape index (κ3) is 2.36. The van der Waals surface area contributed by atoms with Gasteiger partial charge in [0.05, 0.1) is 6.42 Å². The van der Waals surface area contributed by atoms with Crippen LogP contribution in [0, 0.1) is 17.3 Å². The number of aliphatic carboxylic acids is 1. The molecule has 2 atom stereocenters. The number of carbonyl (C=O) groups excluding carboxylic acids is 1. The molecule has 3 heteroatoms. The summed E-state index contributed by atoms with van der Waals surface area (Å²) in [6.07, 6.45) is 7.62. The smallest absolute Gasteiger partial charge is 0.303 e. The zero-order valence-corrected chi connectivity index (χ0v) is 11.2. The van der Waals surface area contributed by atoms with Crippen molar-refractivity contribution in [2.24, 2.45) is 17.3 Å². The molecular formula is C15H22O3. The van der Waals surface area contributed by atoms with Crippen molar-refractivity contribution >= 4 is 11.8 Å². The lowest BCUT2D eigenvalue weighted by Gasteiger charge is -2.43. The molecule has 2 rings (SSSR count). The first kappa shape index (κ1) is 13.3. The molecule has 1 saturated carbocycles. The van der Waals surface area contributed by atoms with E-state index in [0.29, 0.717) is 0 Å². The van der Waals surface area contributed by atoms with Crippen LogP contribution in [0.2, 0.25) is 0 Å². The van der Waals surface area contributed by atoms with Gasteiger partial charge in [0, 0.05) is 5.92 Å². The normalized spacial score (nSPS) is 30.2. The Morgan fingerprint density at radius 2 is 2.00 bits per heavy atom. The second-order valence-corrected chi connectivity index (χ2v) is 6.09. The van der Waals surface area contributed by atoms with Crippen LogP contribution in [0.3, 0.4) is 0 Å². The molecule has 2 unspecified atom stereocenters. The molecule has 1 fully saturated rings. The van der Waals surface area contributed by atoms with Gasteiger partial charge in [-0.05, 0) is 44.4 Å². The third-order valence-corrected chi connectivity index (χ3v) is 4.68. The highest BCUT2D eigenvalue weighted by Gasteiger charge is 2.47. The average molecular weight is 250 g/mol. The van der Waals surface area contributed by atoms with Crippen LogP contribution in [-0.2, 0) is 9.59 Å². The predicted octanol–water partition coefficient (Wildman–Crippen LogP) is 3.19. The molecule has 0 aromatic rings. The van der Waals surface area contributed by atoms with E-state index in [1.165, 1.54) is 12.8 Å². The zero-order valence-electron chi connectivity index (χ0n) is 11.2. The minimum absolute atomic E-state index is 0.0324. The SMILES string of the molecule is CC(=O)C1C(C)=CC(CC(=O)O)CC12CCCC2. The van der Waals surface area contributed by atoms with Crippen LogP contribution in [0.25, 0.3) is 0 Å². The van der Waals surface area contributed by atoms with Crippen molar-refractivity contribution in [3.63, 3.8) is 0 Å². The number of hydrogen-bond acceptors (Lipinski definition) is 2. The second kappa shape index (κ2) is 4.87. The van der Waals surface area contributed by atoms with Crippen molar-refractivity contribution < 1.29 is 14.7 Å². The highest BCUT2D eigenvalue weighted by atomic mass is 16.4. The monoisotopic (exact) mass is 250 g/mol. The summed E-state index contributed by atoms with van der Waals surface area (Å²) in [6, 6.07) is 0. The summed E-state index contributed by atoms with van der Waals surface area (Å²) in [5.41, 5.74) is 1.16. The van der Waals surface area contributed by atoms with Crippen LogP contribution >= 0.6 is 0 Å². The lowest BCUT2D eigenvalue weighted by atomic mass is 9.60. The van der Waals surface area contributed by atoms with Crippen molar-refractivity contribution in [1.82, 2.24) is 0 Å². The Hall–Kier alpha value is -1.12. The molecule has 0 aromatic heterocycles. The van der Waals surface area contributed by atoms with Gasteiger partial charge in [0.1, 0.15) is 5.78 Å². The molecule has 2 aliphatic rings. The molecule has 0 saturated heterocycles. The molecular weight excluding hydrogens is 228 g/mol. The van der Waals surface area contributed by atoms with Crippen molar-refractivity contribution in [2.75, 3.05) is 0 Å². The lowest BCUT2D eigenvalue weighted by Crippen LogP contribution is -2.38. The van der Waals surface area contributed by atoms with Gasteiger partial charge in [-0.3, -0.25) is 9.59 Å². The summed E-state index contributed by atoms with van der Waals surface area (Å²) in [6.45, 7) is 3.68. The maximum atomic E-state index is 11.9. The maximum absolute atomic E-state index is 11.9. The zero-order chi connectivity index (χ0) is 13.3. The van der Waals surface area contributed by atoms with Crippen molar-refractivity contribution in [1.29, 1.82) is 0 Å². The average Bonchev–Trinajstić information content (AvgIpc) is 2.63. The number of carboxylic acid groups (broad SMARTS) is 1. The number of allylic oxidation sites excluding steroid dienone is 2. The van der Waals surface area contributed by atoms with Crippen LogP contribution in [0.4, 0.5) is 0 Å². The van der Waals surface area contributed by atoms with E-state index in [2.05, 4.69) is 0 Å². The lowest BCUT2D eigenvalue weighted by molar-refractivity contribution is -0.138. The fraction of sp³-hybridized carbons (Fsp3) is 0.733. The van der Waals surface area contributed by atoms with Crippen LogP contribution in [0.1, 0.15) is 52.4 Å². The van der Waals surface area contributed by atoms with Crippen LogP contribution in [-0.4, -0.2) is 16.9 Å². The molecule has 1 spiro atoms. The van der Waals surface area contributed by atoms with E-state index in [1.807, 2.05) is 13.0 Å². The van der Waals surface area contributed by atoms with Crippen molar-refractivity contribution in [2.45, 2.75) is 52.4 Å². The van der Waals surface area contributed by atoms with Crippen LogP contribution in [0.5, 0.6) is 0 Å². The Morgan fingerprint density at radius 1 is 1.39 bits per heavy atom. The van der Waals surface area contributed by atoms with Gasteiger partial charge in [0.25, 0.3) is 0 Å². The molecule has 0 radical (unpaired) electrons. The van der Waals surface area contributed by atoms with Gasteiger partial charge >= 0.3 is 5.97 Å². The van der Waals surface area contributed by atoms with Gasteiger partial charge in [-0.2, -0.15) is 0 Å². The van der Waals surface area contributed by atoms with Crippen molar-refractivity contribution in [3.8, 4) is 0 Å². The van der Waals surface area contributed by atoms with E-state index in [-0.39, 0.29) is 29.5 Å². The fourth-order valence-corrected chi connectivity index (χ4v) is 4.33. The summed E-state index contributed by atoms with van der Waals surface area (Å²) in [5.74, 6) is -0.348. The molecule has 100 valence electrons. The fourth-order valence-electron chi connectivity index (χ4n) is 4.33. The summed E-state index contributed by atoms with van der Waals surface area (Å²) in [7, 11) is 0. The molecule has 0 heterocycles. The van der Waals surface area contributed by atoms with Gasteiger partial charge < -0.3 is 5.11 Å². The van der Waals surface area contributed by atoms with E-state index >= 15 is 0 Å². The number of ketones is 1. The Labute approximate surface area is 108 Å². The largest absolute Gasteiger partial charge is 0.481 e. The third-order valence-electron chi connectivity index (χ3n) is 4.68. The summed E-state index contributed by atoms with van der Waals surface area (Å²) >= 11 is 0. The number of hydrogen-bond donors (Lipinski definition) is 1. The molecule has 0 aliphatic heterocycles. The second-order valence-electron chi connectivity index (χ2n) is 6.09. The van der Waals surface area contributed by atoms with Crippen LogP contribution < -0.4 is 0 Å². The number of carboxylic acids is 1. The Kier molecular flexibility index (Phi) is 3.60. The molecule has 1 N–H and O–H groups in total. The molecule has 18 heavy (non-hydrogen) atoms. The topological polar surface area (TPSA) is 54.4 Å². The van der Waals surface area contributed by atoms with Crippen molar-refractivity contribution in [3.05, 3.63) is 11.6 Å². The van der Waals surface area contributed by atoms with Gasteiger partial charge in [0.2, 0.25) is 0 Å². The Balaban J connectivity index is 2.30. The van der Waals surface area contributed by atoms with E-state index in [9.17, 15) is 9.59 Å². The van der Waals surface area contributed by atoms with E-state index in [1.54, 1.807) is 6.92 Å².